The smallest absolute Gasteiger partial charge is 0.224 e. The zero-order valence-electron chi connectivity index (χ0n) is 20.5. The fourth-order valence-electron chi connectivity index (χ4n) is 2.60. The van der Waals surface area contributed by atoms with Crippen LogP contribution in [0, 0.1) is 0 Å². The number of rotatable bonds is 10. The number of aryl methyl sites for hydroxylation is 1. The van der Waals surface area contributed by atoms with Crippen LogP contribution in [-0.4, -0.2) is 18.2 Å². The number of carbonyl (C=O) groups is 2. The Hall–Kier alpha value is -2.95. The summed E-state index contributed by atoms with van der Waals surface area (Å²) in [5, 5.41) is 3.32. The van der Waals surface area contributed by atoms with Crippen LogP contribution in [0.3, 0.4) is 0 Å². The number of carbonyl (C=O) groups excluding carboxylic acids is 2. The van der Waals surface area contributed by atoms with Gasteiger partial charge in [0.15, 0.2) is 5.78 Å². The third-order valence-electron chi connectivity index (χ3n) is 4.05. The van der Waals surface area contributed by atoms with Crippen LogP contribution in [0.15, 0.2) is 91.7 Å². The van der Waals surface area contributed by atoms with Crippen LogP contribution in [0.1, 0.15) is 56.5 Å². The first-order valence-electron chi connectivity index (χ1n) is 10.9. The lowest BCUT2D eigenvalue weighted by molar-refractivity contribution is -0.120. The van der Waals surface area contributed by atoms with E-state index in [-0.39, 0.29) is 18.1 Å². The molecule has 1 aromatic rings. The number of nitrogens with two attached hydrogens (primary N) is 1. The van der Waals surface area contributed by atoms with E-state index < -0.39 is 0 Å². The highest BCUT2D eigenvalue weighted by Gasteiger charge is 2.16. The molecule has 3 N–H and O–H groups in total. The molecule has 0 bridgehead atoms. The van der Waals surface area contributed by atoms with Gasteiger partial charge < -0.3 is 11.1 Å². The van der Waals surface area contributed by atoms with Gasteiger partial charge >= 0.3 is 0 Å². The van der Waals surface area contributed by atoms with Gasteiger partial charge in [-0.25, -0.2) is 0 Å². The van der Waals surface area contributed by atoms with E-state index in [1.165, 1.54) is 0 Å². The molecule has 0 aromatic heterocycles. The molecule has 33 heavy (non-hydrogen) atoms. The molecule has 1 amide bonds. The summed E-state index contributed by atoms with van der Waals surface area (Å²) in [7, 11) is 0. The maximum absolute atomic E-state index is 13.0. The van der Waals surface area contributed by atoms with Crippen molar-refractivity contribution in [3.8, 4) is 0 Å². The van der Waals surface area contributed by atoms with E-state index in [2.05, 4.69) is 31.6 Å². The number of amides is 1. The zero-order valence-corrected chi connectivity index (χ0v) is 21.3. The van der Waals surface area contributed by atoms with Crippen LogP contribution >= 0.6 is 11.6 Å². The van der Waals surface area contributed by atoms with Crippen molar-refractivity contribution in [2.45, 2.75) is 47.0 Å². The average Bonchev–Trinajstić information content (AvgIpc) is 2.80. The number of benzene rings is 1. The second-order valence-corrected chi connectivity index (χ2v) is 7.17. The predicted octanol–water partition coefficient (Wildman–Crippen LogP) is 6.90. The first kappa shape index (κ1) is 32.2. The standard InChI is InChI=1S/C24H28ClNO2.C2H7N.C2H4/c1-6-9-11-19(10-7-2)24(28)21-16-20(25)14-12-18(21)13-15-23(27)26-22(8-3)17(4)5;1-2-3;1-2/h7-12,14,16H,2,4,6,13,15H2,1,3,5H3,(H,26,27);2-3H2,1H3;1-2H2/b11-9-,19-10+,22-8+;;. The van der Waals surface area contributed by atoms with Crippen LogP contribution in [0.5, 0.6) is 0 Å². The van der Waals surface area contributed by atoms with Gasteiger partial charge in [0.2, 0.25) is 5.91 Å². The van der Waals surface area contributed by atoms with E-state index in [4.69, 9.17) is 17.3 Å². The van der Waals surface area contributed by atoms with Crippen molar-refractivity contribution in [2.75, 3.05) is 6.54 Å². The number of hydrogen-bond acceptors (Lipinski definition) is 3. The minimum Gasteiger partial charge on any atom is -0.331 e. The molecule has 0 atom stereocenters. The van der Waals surface area contributed by atoms with Crippen molar-refractivity contribution >= 4 is 23.3 Å². The molecular formula is C28H39ClN2O2. The Bertz CT molecular complexity index is 880. The fraction of sp³-hybridized carbons (Fsp3) is 0.286. The molecule has 4 nitrogen and oxygen atoms in total. The molecule has 5 heteroatoms. The highest BCUT2D eigenvalue weighted by Crippen LogP contribution is 2.22. The predicted molar refractivity (Wildman–Crippen MR) is 145 cm³/mol. The Kier molecular flexibility index (Phi) is 19.3. The summed E-state index contributed by atoms with van der Waals surface area (Å²) >= 11 is 6.13. The SMILES string of the molecule is C=C.C=C/C=C(\C=C/CC)C(=O)c1cc(Cl)ccc1CCC(=O)N/C(=C/C)C(=C)C.CCN. The van der Waals surface area contributed by atoms with Crippen LogP contribution in [-0.2, 0) is 11.2 Å². The van der Waals surface area contributed by atoms with Crippen molar-refractivity contribution in [2.24, 2.45) is 5.73 Å². The maximum Gasteiger partial charge on any atom is 0.224 e. The lowest BCUT2D eigenvalue weighted by Crippen LogP contribution is -2.23. The van der Waals surface area contributed by atoms with E-state index in [1.54, 1.807) is 36.4 Å². The monoisotopic (exact) mass is 470 g/mol. The molecule has 0 unspecified atom stereocenters. The van der Waals surface area contributed by atoms with Crippen molar-refractivity contribution in [1.29, 1.82) is 0 Å². The number of ketones is 1. The lowest BCUT2D eigenvalue weighted by atomic mass is 9.95. The molecule has 0 saturated carbocycles. The topological polar surface area (TPSA) is 72.2 Å². The summed E-state index contributed by atoms with van der Waals surface area (Å²) in [5.41, 5.74) is 8.16. The van der Waals surface area contributed by atoms with Gasteiger partial charge in [-0.1, -0.05) is 75.1 Å². The summed E-state index contributed by atoms with van der Waals surface area (Å²) in [6.45, 7) is 21.9. The summed E-state index contributed by atoms with van der Waals surface area (Å²) in [6.07, 6.45) is 10.3. The first-order valence-corrected chi connectivity index (χ1v) is 11.3. The van der Waals surface area contributed by atoms with E-state index in [9.17, 15) is 9.59 Å². The van der Waals surface area contributed by atoms with Gasteiger partial charge in [-0.15, -0.1) is 13.2 Å². The quantitative estimate of drug-likeness (QED) is 0.169. The van der Waals surface area contributed by atoms with Gasteiger partial charge in [0.05, 0.1) is 0 Å². The second kappa shape index (κ2) is 19.7. The number of Topliss-reactive ketones (excluding diaryl/α,β-unsaturated/α-hetero) is 1. The van der Waals surface area contributed by atoms with Gasteiger partial charge in [-0.2, -0.15) is 0 Å². The van der Waals surface area contributed by atoms with Crippen molar-refractivity contribution in [3.05, 3.63) is 108 Å². The molecular weight excluding hydrogens is 432 g/mol. The summed E-state index contributed by atoms with van der Waals surface area (Å²) in [5.74, 6) is -0.268. The molecule has 180 valence electrons. The van der Waals surface area contributed by atoms with Gasteiger partial charge in [0.1, 0.15) is 0 Å². The molecule has 0 spiro atoms. The largest absolute Gasteiger partial charge is 0.331 e. The molecule has 1 rings (SSSR count). The molecule has 0 heterocycles. The molecule has 0 radical (unpaired) electrons. The Morgan fingerprint density at radius 3 is 2.30 bits per heavy atom. The number of allylic oxidation sites excluding steroid dienone is 7. The number of halogens is 1. The van der Waals surface area contributed by atoms with Gasteiger partial charge in [-0.05, 0) is 56.5 Å². The maximum atomic E-state index is 13.0. The summed E-state index contributed by atoms with van der Waals surface area (Å²) < 4.78 is 0. The number of hydrogen-bond donors (Lipinski definition) is 2. The third-order valence-corrected chi connectivity index (χ3v) is 4.29. The van der Waals surface area contributed by atoms with Crippen molar-refractivity contribution < 1.29 is 9.59 Å². The van der Waals surface area contributed by atoms with Crippen LogP contribution in [0.25, 0.3) is 0 Å². The van der Waals surface area contributed by atoms with Crippen LogP contribution < -0.4 is 11.1 Å². The van der Waals surface area contributed by atoms with Crippen molar-refractivity contribution in [3.63, 3.8) is 0 Å². The Labute approximate surface area is 205 Å². The van der Waals surface area contributed by atoms with Gasteiger partial charge in [0, 0.05) is 28.3 Å². The Morgan fingerprint density at radius 2 is 1.82 bits per heavy atom. The van der Waals surface area contributed by atoms with Gasteiger partial charge in [0.25, 0.3) is 0 Å². The molecule has 0 saturated heterocycles. The van der Waals surface area contributed by atoms with E-state index in [0.29, 0.717) is 28.3 Å². The molecule has 1 aromatic carbocycles. The molecule has 0 aliphatic heterocycles. The van der Waals surface area contributed by atoms with Gasteiger partial charge in [-0.3, -0.25) is 9.59 Å². The second-order valence-electron chi connectivity index (χ2n) is 6.74. The average molecular weight is 471 g/mol. The highest BCUT2D eigenvalue weighted by molar-refractivity contribution is 6.31. The number of nitrogens with one attached hydrogen (secondary N) is 1. The molecule has 0 aliphatic rings. The summed E-state index contributed by atoms with van der Waals surface area (Å²) in [4.78, 5) is 25.3. The minimum atomic E-state index is -0.140. The zero-order chi connectivity index (χ0) is 25.8. The van der Waals surface area contributed by atoms with E-state index in [1.807, 2.05) is 39.8 Å². The molecule has 0 fully saturated rings. The first-order chi connectivity index (χ1) is 15.7. The Balaban J connectivity index is 0. The third kappa shape index (κ3) is 13.3. The Morgan fingerprint density at radius 1 is 1.21 bits per heavy atom. The van der Waals surface area contributed by atoms with E-state index >= 15 is 0 Å². The fourth-order valence-corrected chi connectivity index (χ4v) is 2.77. The normalized spacial score (nSPS) is 11.0. The highest BCUT2D eigenvalue weighted by atomic mass is 35.5. The van der Waals surface area contributed by atoms with Crippen LogP contribution in [0.4, 0.5) is 0 Å². The summed E-state index contributed by atoms with van der Waals surface area (Å²) in [6, 6.07) is 5.18. The van der Waals surface area contributed by atoms with Crippen molar-refractivity contribution in [1.82, 2.24) is 5.32 Å². The minimum absolute atomic E-state index is 0.128. The van der Waals surface area contributed by atoms with E-state index in [0.717, 1.165) is 24.1 Å². The lowest BCUT2D eigenvalue weighted by Gasteiger charge is -2.12. The van der Waals surface area contributed by atoms with Crippen LogP contribution in [0.2, 0.25) is 5.02 Å². The molecule has 0 aliphatic carbocycles.